The number of unbranched alkanes of at least 4 members (excludes halogenated alkanes) is 1. The van der Waals surface area contributed by atoms with Crippen molar-refractivity contribution in [2.75, 3.05) is 5.75 Å². The summed E-state index contributed by atoms with van der Waals surface area (Å²) in [5.41, 5.74) is 1.82. The van der Waals surface area contributed by atoms with Crippen molar-refractivity contribution >= 4 is 11.8 Å². The van der Waals surface area contributed by atoms with Crippen molar-refractivity contribution in [2.24, 2.45) is 0 Å². The molecule has 0 aliphatic carbocycles. The second kappa shape index (κ2) is 7.44. The molecule has 0 amide bonds. The highest BCUT2D eigenvalue weighted by atomic mass is 32.2. The van der Waals surface area contributed by atoms with Crippen LogP contribution in [0.2, 0.25) is 0 Å². The second-order valence-electron chi connectivity index (χ2n) is 4.68. The fourth-order valence-electron chi connectivity index (χ4n) is 1.87. The normalized spacial score (nSPS) is 9.95. The lowest BCUT2D eigenvalue weighted by atomic mass is 10.1. The van der Waals surface area contributed by atoms with Crippen LogP contribution in [-0.4, -0.2) is 15.7 Å². The van der Waals surface area contributed by atoms with Crippen LogP contribution >= 0.6 is 11.8 Å². The summed E-state index contributed by atoms with van der Waals surface area (Å²) in [5, 5.41) is 18.2. The first kappa shape index (κ1) is 15.8. The van der Waals surface area contributed by atoms with Crippen LogP contribution in [-0.2, 0) is 0 Å². The van der Waals surface area contributed by atoms with E-state index in [1.165, 1.54) is 11.8 Å². The van der Waals surface area contributed by atoms with E-state index in [4.69, 9.17) is 5.26 Å². The van der Waals surface area contributed by atoms with E-state index in [9.17, 15) is 10.1 Å². The molecule has 5 nitrogen and oxygen atoms in total. The molecule has 1 aromatic heterocycles. The molecule has 0 saturated carbocycles. The van der Waals surface area contributed by atoms with Crippen LogP contribution in [0.5, 0.6) is 0 Å². The zero-order chi connectivity index (χ0) is 15.9. The molecule has 0 fully saturated rings. The Hall–Kier alpha value is -2.57. The van der Waals surface area contributed by atoms with Gasteiger partial charge in [-0.25, -0.2) is 4.98 Å². The van der Waals surface area contributed by atoms with Crippen molar-refractivity contribution in [2.45, 2.75) is 24.9 Å². The molecule has 0 saturated heterocycles. The Morgan fingerprint density at radius 3 is 2.64 bits per heavy atom. The fraction of sp³-hybridized carbons (Fsp3) is 0.250. The van der Waals surface area contributed by atoms with Gasteiger partial charge < -0.3 is 4.98 Å². The molecule has 2 aromatic rings. The quantitative estimate of drug-likeness (QED) is 0.520. The zero-order valence-corrected chi connectivity index (χ0v) is 12.9. The minimum absolute atomic E-state index is 0.0187. The molecule has 1 aromatic carbocycles. The minimum atomic E-state index is -0.434. The van der Waals surface area contributed by atoms with Gasteiger partial charge in [-0.2, -0.15) is 10.5 Å². The Morgan fingerprint density at radius 1 is 1.27 bits per heavy atom. The van der Waals surface area contributed by atoms with Gasteiger partial charge in [-0.3, -0.25) is 4.79 Å². The zero-order valence-electron chi connectivity index (χ0n) is 12.1. The van der Waals surface area contributed by atoms with Crippen molar-refractivity contribution in [1.82, 2.24) is 9.97 Å². The van der Waals surface area contributed by atoms with Gasteiger partial charge in [-0.1, -0.05) is 41.6 Å². The predicted molar refractivity (Wildman–Crippen MR) is 85.3 cm³/mol. The van der Waals surface area contributed by atoms with Gasteiger partial charge in [-0.15, -0.1) is 0 Å². The van der Waals surface area contributed by atoms with Gasteiger partial charge in [0.25, 0.3) is 5.56 Å². The molecule has 0 radical (unpaired) electrons. The number of hydrogen-bond donors (Lipinski definition) is 1. The SMILES string of the molecule is Cc1ccc(-c2nc(SCCCC#N)[nH]c(=O)c2C#N)cc1. The highest BCUT2D eigenvalue weighted by molar-refractivity contribution is 7.99. The molecule has 1 heterocycles. The Morgan fingerprint density at radius 2 is 2.00 bits per heavy atom. The average Bonchev–Trinajstić information content (AvgIpc) is 2.52. The van der Waals surface area contributed by atoms with E-state index in [1.54, 1.807) is 0 Å². The Labute approximate surface area is 132 Å². The fourth-order valence-corrected chi connectivity index (χ4v) is 2.67. The maximum atomic E-state index is 12.0. The van der Waals surface area contributed by atoms with E-state index in [1.807, 2.05) is 37.3 Å². The Bertz CT molecular complexity index is 797. The first-order valence-electron chi connectivity index (χ1n) is 6.77. The molecule has 22 heavy (non-hydrogen) atoms. The van der Waals surface area contributed by atoms with Crippen molar-refractivity contribution < 1.29 is 0 Å². The molecule has 0 bridgehead atoms. The van der Waals surface area contributed by atoms with Crippen molar-refractivity contribution in [3.63, 3.8) is 0 Å². The standard InChI is InChI=1S/C16H14N4OS/c1-11-4-6-12(7-5-11)14-13(10-18)15(21)20-16(19-14)22-9-3-2-8-17/h4-7H,2-3,9H2,1H3,(H,19,20,21). The van der Waals surface area contributed by atoms with E-state index in [0.29, 0.717) is 23.0 Å². The third-order valence-electron chi connectivity index (χ3n) is 3.01. The number of rotatable bonds is 5. The number of H-pyrrole nitrogens is 1. The van der Waals surface area contributed by atoms with Crippen LogP contribution in [0.3, 0.4) is 0 Å². The van der Waals surface area contributed by atoms with Crippen LogP contribution in [0.15, 0.2) is 34.2 Å². The molecule has 2 rings (SSSR count). The molecule has 110 valence electrons. The van der Waals surface area contributed by atoms with E-state index in [-0.39, 0.29) is 5.56 Å². The molecule has 6 heteroatoms. The number of thioether (sulfide) groups is 1. The number of benzene rings is 1. The van der Waals surface area contributed by atoms with Gasteiger partial charge in [0.05, 0.1) is 11.8 Å². The van der Waals surface area contributed by atoms with E-state index in [0.717, 1.165) is 17.5 Å². The minimum Gasteiger partial charge on any atom is -0.300 e. The van der Waals surface area contributed by atoms with Crippen LogP contribution in [0, 0.1) is 29.6 Å². The Balaban J connectivity index is 2.37. The van der Waals surface area contributed by atoms with Crippen LogP contribution in [0.4, 0.5) is 0 Å². The lowest BCUT2D eigenvalue weighted by Crippen LogP contribution is -2.14. The highest BCUT2D eigenvalue weighted by Crippen LogP contribution is 2.22. The van der Waals surface area contributed by atoms with Crippen molar-refractivity contribution in [3.8, 4) is 23.4 Å². The number of aromatic amines is 1. The summed E-state index contributed by atoms with van der Waals surface area (Å²) in [6.45, 7) is 1.97. The van der Waals surface area contributed by atoms with Gasteiger partial charge in [0.1, 0.15) is 11.6 Å². The van der Waals surface area contributed by atoms with Crippen LogP contribution < -0.4 is 5.56 Å². The molecular weight excluding hydrogens is 296 g/mol. The third-order valence-corrected chi connectivity index (χ3v) is 3.97. The third kappa shape index (κ3) is 3.75. The molecule has 0 aliphatic rings. The van der Waals surface area contributed by atoms with Gasteiger partial charge in [-0.05, 0) is 13.3 Å². The van der Waals surface area contributed by atoms with E-state index >= 15 is 0 Å². The number of nitrogens with zero attached hydrogens (tertiary/aromatic N) is 3. The molecule has 0 unspecified atom stereocenters. The summed E-state index contributed by atoms with van der Waals surface area (Å²) in [4.78, 5) is 19.1. The Kier molecular flexibility index (Phi) is 5.35. The van der Waals surface area contributed by atoms with Crippen LogP contribution in [0.25, 0.3) is 11.3 Å². The van der Waals surface area contributed by atoms with Crippen molar-refractivity contribution in [3.05, 3.63) is 45.7 Å². The first-order chi connectivity index (χ1) is 10.7. The topological polar surface area (TPSA) is 93.3 Å². The summed E-state index contributed by atoms with van der Waals surface area (Å²) in [6.07, 6.45) is 1.20. The molecule has 0 spiro atoms. The molecule has 1 N–H and O–H groups in total. The number of hydrogen-bond acceptors (Lipinski definition) is 5. The van der Waals surface area contributed by atoms with Crippen molar-refractivity contribution in [1.29, 1.82) is 10.5 Å². The van der Waals surface area contributed by atoms with E-state index < -0.39 is 5.56 Å². The molecular formula is C16H14N4OS. The summed E-state index contributed by atoms with van der Waals surface area (Å²) in [7, 11) is 0. The van der Waals surface area contributed by atoms with Crippen LogP contribution in [0.1, 0.15) is 24.0 Å². The first-order valence-corrected chi connectivity index (χ1v) is 7.75. The van der Waals surface area contributed by atoms with Gasteiger partial charge in [0.2, 0.25) is 0 Å². The largest absolute Gasteiger partial charge is 0.300 e. The molecule has 0 atom stereocenters. The number of aromatic nitrogens is 2. The summed E-state index contributed by atoms with van der Waals surface area (Å²) < 4.78 is 0. The smallest absolute Gasteiger partial charge is 0.270 e. The summed E-state index contributed by atoms with van der Waals surface area (Å²) in [6, 6.07) is 11.5. The lowest BCUT2D eigenvalue weighted by Gasteiger charge is -2.06. The van der Waals surface area contributed by atoms with Gasteiger partial charge in [0, 0.05) is 17.7 Å². The summed E-state index contributed by atoms with van der Waals surface area (Å²) in [5.74, 6) is 0.690. The average molecular weight is 310 g/mol. The summed E-state index contributed by atoms with van der Waals surface area (Å²) >= 11 is 1.38. The second-order valence-corrected chi connectivity index (χ2v) is 5.77. The monoisotopic (exact) mass is 310 g/mol. The maximum Gasteiger partial charge on any atom is 0.270 e. The lowest BCUT2D eigenvalue weighted by molar-refractivity contribution is 0.922. The van der Waals surface area contributed by atoms with Gasteiger partial charge in [0.15, 0.2) is 5.16 Å². The van der Waals surface area contributed by atoms with Gasteiger partial charge >= 0.3 is 0 Å². The molecule has 0 aliphatic heterocycles. The van der Waals surface area contributed by atoms with E-state index in [2.05, 4.69) is 16.0 Å². The number of nitriles is 2. The number of nitrogens with one attached hydrogen (secondary N) is 1. The maximum absolute atomic E-state index is 12.0. The number of aryl methyl sites for hydroxylation is 1. The predicted octanol–water partition coefficient (Wildman–Crippen LogP) is 3.01. The highest BCUT2D eigenvalue weighted by Gasteiger charge is 2.13.